The molecule has 0 saturated heterocycles. The van der Waals surface area contributed by atoms with Gasteiger partial charge in [0.15, 0.2) is 6.61 Å². The second-order valence-corrected chi connectivity index (χ2v) is 6.09. The number of hydrogen-bond donors (Lipinski definition) is 0. The fourth-order valence-electron chi connectivity index (χ4n) is 2.28. The van der Waals surface area contributed by atoms with Gasteiger partial charge in [-0.3, -0.25) is 0 Å². The van der Waals surface area contributed by atoms with Crippen LogP contribution in [0.2, 0.25) is 5.02 Å². The van der Waals surface area contributed by atoms with Crippen molar-refractivity contribution in [3.63, 3.8) is 0 Å². The predicted octanol–water partition coefficient (Wildman–Crippen LogP) is 4.49. The smallest absolute Gasteiger partial charge is 0.264 e. The Labute approximate surface area is 150 Å². The van der Waals surface area contributed by atoms with E-state index in [1.54, 1.807) is 19.1 Å². The molecule has 0 aliphatic rings. The minimum Gasteiger partial charge on any atom is -0.484 e. The molecule has 0 atom stereocenters. The topological polar surface area (TPSA) is 65.2 Å². The van der Waals surface area contributed by atoms with Crippen LogP contribution in [-0.4, -0.2) is 15.9 Å². The van der Waals surface area contributed by atoms with Crippen LogP contribution in [0.4, 0.5) is 0 Å². The summed E-state index contributed by atoms with van der Waals surface area (Å²) in [5, 5.41) is 4.55. The van der Waals surface area contributed by atoms with Gasteiger partial charge in [0, 0.05) is 17.0 Å². The fourth-order valence-corrected chi connectivity index (χ4v) is 2.47. The molecule has 3 aromatic rings. The highest BCUT2D eigenvalue weighted by molar-refractivity contribution is 6.30. The number of rotatable bonds is 7. The standard InChI is InChI=1S/C19H17ClN2O3/c1-13(23)5-6-14-7-9-17(10-8-14)24-12-18-21-19(22-25-18)15-3-2-4-16(20)11-15/h2-4,7-11H,5-6,12H2,1H3. The summed E-state index contributed by atoms with van der Waals surface area (Å²) in [6.07, 6.45) is 1.29. The molecule has 0 radical (unpaired) electrons. The molecular weight excluding hydrogens is 340 g/mol. The third-order valence-electron chi connectivity index (χ3n) is 3.60. The van der Waals surface area contributed by atoms with E-state index >= 15 is 0 Å². The van der Waals surface area contributed by atoms with Gasteiger partial charge in [-0.2, -0.15) is 4.98 Å². The average molecular weight is 357 g/mol. The molecule has 1 heterocycles. The van der Waals surface area contributed by atoms with E-state index in [2.05, 4.69) is 10.1 Å². The number of aryl methyl sites for hydroxylation is 1. The van der Waals surface area contributed by atoms with Crippen LogP contribution in [-0.2, 0) is 17.8 Å². The van der Waals surface area contributed by atoms with E-state index in [4.69, 9.17) is 20.9 Å². The fraction of sp³-hybridized carbons (Fsp3) is 0.211. The zero-order valence-electron chi connectivity index (χ0n) is 13.7. The van der Waals surface area contributed by atoms with Crippen molar-refractivity contribution >= 4 is 17.4 Å². The van der Waals surface area contributed by atoms with E-state index in [9.17, 15) is 4.79 Å². The minimum absolute atomic E-state index is 0.181. The summed E-state index contributed by atoms with van der Waals surface area (Å²) in [6.45, 7) is 1.78. The Bertz CT molecular complexity index is 859. The monoisotopic (exact) mass is 356 g/mol. The first-order valence-corrected chi connectivity index (χ1v) is 8.27. The first-order valence-electron chi connectivity index (χ1n) is 7.90. The molecule has 1 aromatic heterocycles. The van der Waals surface area contributed by atoms with Crippen molar-refractivity contribution in [2.75, 3.05) is 0 Å². The maximum atomic E-state index is 11.0. The highest BCUT2D eigenvalue weighted by atomic mass is 35.5. The molecule has 0 aliphatic carbocycles. The number of halogens is 1. The van der Waals surface area contributed by atoms with Crippen molar-refractivity contribution in [3.8, 4) is 17.1 Å². The molecule has 5 nitrogen and oxygen atoms in total. The van der Waals surface area contributed by atoms with Gasteiger partial charge < -0.3 is 14.1 Å². The highest BCUT2D eigenvalue weighted by Crippen LogP contribution is 2.20. The second-order valence-electron chi connectivity index (χ2n) is 5.66. The van der Waals surface area contributed by atoms with Gasteiger partial charge in [0.1, 0.15) is 11.5 Å². The number of nitrogens with zero attached hydrogens (tertiary/aromatic N) is 2. The lowest BCUT2D eigenvalue weighted by Crippen LogP contribution is -1.97. The molecule has 0 saturated carbocycles. The normalized spacial score (nSPS) is 10.6. The van der Waals surface area contributed by atoms with E-state index in [0.717, 1.165) is 17.5 Å². The average Bonchev–Trinajstić information content (AvgIpc) is 3.08. The van der Waals surface area contributed by atoms with E-state index in [0.29, 0.717) is 28.9 Å². The number of aromatic nitrogens is 2. The highest BCUT2D eigenvalue weighted by Gasteiger charge is 2.09. The number of carbonyl (C=O) groups is 1. The Morgan fingerprint density at radius 1 is 1.20 bits per heavy atom. The maximum Gasteiger partial charge on any atom is 0.264 e. The van der Waals surface area contributed by atoms with E-state index < -0.39 is 0 Å². The molecule has 128 valence electrons. The Morgan fingerprint density at radius 2 is 2.00 bits per heavy atom. The van der Waals surface area contributed by atoms with Gasteiger partial charge in [0.25, 0.3) is 5.89 Å². The second kappa shape index (κ2) is 7.94. The number of benzene rings is 2. The molecule has 3 rings (SSSR count). The van der Waals surface area contributed by atoms with Crippen LogP contribution >= 0.6 is 11.6 Å². The van der Waals surface area contributed by atoms with Gasteiger partial charge in [-0.25, -0.2) is 0 Å². The molecule has 2 aromatic carbocycles. The summed E-state index contributed by atoms with van der Waals surface area (Å²) in [5.41, 5.74) is 1.89. The summed E-state index contributed by atoms with van der Waals surface area (Å²) in [5.74, 6) is 1.75. The van der Waals surface area contributed by atoms with Crippen molar-refractivity contribution in [3.05, 3.63) is 65.0 Å². The van der Waals surface area contributed by atoms with Gasteiger partial charge in [-0.1, -0.05) is 41.0 Å². The van der Waals surface area contributed by atoms with Gasteiger partial charge >= 0.3 is 0 Å². The molecule has 0 aliphatic heterocycles. The summed E-state index contributed by atoms with van der Waals surface area (Å²) in [4.78, 5) is 15.3. The lowest BCUT2D eigenvalue weighted by Gasteiger charge is -2.04. The van der Waals surface area contributed by atoms with Gasteiger partial charge in [-0.05, 0) is 43.2 Å². The zero-order chi connectivity index (χ0) is 17.6. The SMILES string of the molecule is CC(=O)CCc1ccc(OCc2nc(-c3cccc(Cl)c3)no2)cc1. The van der Waals surface area contributed by atoms with Crippen LogP contribution in [0.3, 0.4) is 0 Å². The van der Waals surface area contributed by atoms with Gasteiger partial charge in [-0.15, -0.1) is 0 Å². The largest absolute Gasteiger partial charge is 0.484 e. The lowest BCUT2D eigenvalue weighted by molar-refractivity contribution is -0.116. The Hall–Kier alpha value is -2.66. The molecule has 0 spiro atoms. The van der Waals surface area contributed by atoms with Crippen LogP contribution in [0.5, 0.6) is 5.75 Å². The maximum absolute atomic E-state index is 11.0. The predicted molar refractivity (Wildman–Crippen MR) is 94.5 cm³/mol. The zero-order valence-corrected chi connectivity index (χ0v) is 14.5. The van der Waals surface area contributed by atoms with E-state index in [1.807, 2.05) is 36.4 Å². The van der Waals surface area contributed by atoms with Gasteiger partial charge in [0.2, 0.25) is 5.82 Å². The summed E-state index contributed by atoms with van der Waals surface area (Å²) >= 11 is 5.97. The van der Waals surface area contributed by atoms with Crippen LogP contribution in [0.25, 0.3) is 11.4 Å². The van der Waals surface area contributed by atoms with Crippen LogP contribution < -0.4 is 4.74 Å². The number of ketones is 1. The third-order valence-corrected chi connectivity index (χ3v) is 3.84. The number of Topliss-reactive ketones (excluding diaryl/α,β-unsaturated/α-hetero) is 1. The number of carbonyl (C=O) groups excluding carboxylic acids is 1. The quantitative estimate of drug-likeness (QED) is 0.624. The van der Waals surface area contributed by atoms with E-state index in [1.165, 1.54) is 0 Å². The van der Waals surface area contributed by atoms with Gasteiger partial charge in [0.05, 0.1) is 0 Å². The molecule has 0 unspecified atom stereocenters. The van der Waals surface area contributed by atoms with Crippen molar-refractivity contribution in [2.24, 2.45) is 0 Å². The van der Waals surface area contributed by atoms with Crippen LogP contribution in [0.1, 0.15) is 24.8 Å². The third kappa shape index (κ3) is 4.90. The summed E-state index contributed by atoms with van der Waals surface area (Å²) in [6, 6.07) is 14.9. The number of ether oxygens (including phenoxy) is 1. The van der Waals surface area contributed by atoms with Crippen molar-refractivity contribution in [1.82, 2.24) is 10.1 Å². The van der Waals surface area contributed by atoms with Crippen molar-refractivity contribution in [2.45, 2.75) is 26.4 Å². The molecule has 0 fully saturated rings. The van der Waals surface area contributed by atoms with Crippen LogP contribution in [0.15, 0.2) is 53.1 Å². The Kier molecular flexibility index (Phi) is 5.46. The Balaban J connectivity index is 1.58. The van der Waals surface area contributed by atoms with Crippen LogP contribution in [0, 0.1) is 0 Å². The van der Waals surface area contributed by atoms with Crippen molar-refractivity contribution in [1.29, 1.82) is 0 Å². The summed E-state index contributed by atoms with van der Waals surface area (Å²) in [7, 11) is 0. The molecular formula is C19H17ClN2O3. The first kappa shape index (κ1) is 17.2. The lowest BCUT2D eigenvalue weighted by atomic mass is 10.1. The van der Waals surface area contributed by atoms with Crippen molar-refractivity contribution < 1.29 is 14.1 Å². The molecule has 0 bridgehead atoms. The Morgan fingerprint density at radius 3 is 2.72 bits per heavy atom. The molecule has 6 heteroatoms. The minimum atomic E-state index is 0.181. The molecule has 0 N–H and O–H groups in total. The molecule has 25 heavy (non-hydrogen) atoms. The first-order chi connectivity index (χ1) is 12.1. The van der Waals surface area contributed by atoms with E-state index in [-0.39, 0.29) is 12.4 Å². The number of hydrogen-bond acceptors (Lipinski definition) is 5. The molecule has 0 amide bonds. The summed E-state index contributed by atoms with van der Waals surface area (Å²) < 4.78 is 10.9.